The molecule has 0 bridgehead atoms. The van der Waals surface area contributed by atoms with Gasteiger partial charge in [0.15, 0.2) is 5.82 Å². The first-order valence-corrected chi connectivity index (χ1v) is 12.5. The van der Waals surface area contributed by atoms with Crippen LogP contribution < -0.4 is 10.1 Å². The molecule has 0 saturated carbocycles. The van der Waals surface area contributed by atoms with Crippen molar-refractivity contribution in [3.8, 4) is 22.6 Å². The number of nitrogens with zero attached hydrogens (tertiary/aromatic N) is 4. The molecule has 8 nitrogen and oxygen atoms in total. The van der Waals surface area contributed by atoms with Crippen molar-refractivity contribution in [2.24, 2.45) is 0 Å². The summed E-state index contributed by atoms with van der Waals surface area (Å²) < 4.78 is 74.0. The fourth-order valence-corrected chi connectivity index (χ4v) is 5.58. The molecule has 0 saturated heterocycles. The average Bonchev–Trinajstić information content (AvgIpc) is 3.31. The first-order chi connectivity index (χ1) is 16.3. The standard InChI is InChI=1S/C23H22F3N5O3S/c1-11-19(15-8-13(24)9-17-14(15)6-7-30(17)35(5,32)33)18(34-22(25)26)10-16-20(11)31-12(2)28-29-21(31)23(3,4)27-16/h6-10,22,27H,1-5H3. The number of rotatable bonds is 4. The van der Waals surface area contributed by atoms with E-state index in [9.17, 15) is 21.6 Å². The quantitative estimate of drug-likeness (QED) is 0.432. The molecule has 2 aromatic carbocycles. The van der Waals surface area contributed by atoms with Crippen LogP contribution in [0.2, 0.25) is 0 Å². The summed E-state index contributed by atoms with van der Waals surface area (Å²) in [7, 11) is -3.74. The second-order valence-corrected chi connectivity index (χ2v) is 10.9. The molecule has 184 valence electrons. The van der Waals surface area contributed by atoms with Crippen LogP contribution in [0.5, 0.6) is 5.75 Å². The van der Waals surface area contributed by atoms with Crippen LogP contribution in [0.25, 0.3) is 27.7 Å². The molecule has 0 spiro atoms. The number of nitrogens with one attached hydrogen (secondary N) is 1. The van der Waals surface area contributed by atoms with Crippen LogP contribution in [0.3, 0.4) is 0 Å². The van der Waals surface area contributed by atoms with Gasteiger partial charge in [-0.15, -0.1) is 10.2 Å². The van der Waals surface area contributed by atoms with Gasteiger partial charge < -0.3 is 10.1 Å². The molecule has 2 aromatic heterocycles. The van der Waals surface area contributed by atoms with E-state index in [1.54, 1.807) is 13.8 Å². The van der Waals surface area contributed by atoms with Gasteiger partial charge in [0.25, 0.3) is 0 Å². The molecule has 0 atom stereocenters. The van der Waals surface area contributed by atoms with E-state index in [1.807, 2.05) is 18.4 Å². The number of aryl methyl sites for hydroxylation is 1. The molecular formula is C23H22F3N5O3S. The third-order valence-corrected chi connectivity index (χ3v) is 7.17. The first-order valence-electron chi connectivity index (χ1n) is 10.6. The summed E-state index contributed by atoms with van der Waals surface area (Å²) in [4.78, 5) is 0. The Kier molecular flexibility index (Phi) is 4.96. The zero-order chi connectivity index (χ0) is 25.4. The van der Waals surface area contributed by atoms with Crippen LogP contribution in [0.4, 0.5) is 18.9 Å². The van der Waals surface area contributed by atoms with E-state index in [0.717, 1.165) is 16.3 Å². The highest BCUT2D eigenvalue weighted by Gasteiger charge is 2.37. The summed E-state index contributed by atoms with van der Waals surface area (Å²) in [6, 6.07) is 5.22. The average molecular weight is 506 g/mol. The minimum atomic E-state index is -3.74. The first kappa shape index (κ1) is 23.2. The van der Waals surface area contributed by atoms with Gasteiger partial charge in [0.05, 0.1) is 28.7 Å². The van der Waals surface area contributed by atoms with Crippen LogP contribution >= 0.6 is 0 Å². The topological polar surface area (TPSA) is 91.0 Å². The van der Waals surface area contributed by atoms with Crippen molar-refractivity contribution in [2.45, 2.75) is 39.8 Å². The maximum Gasteiger partial charge on any atom is 0.387 e. The summed E-state index contributed by atoms with van der Waals surface area (Å²) in [6.07, 6.45) is 2.30. The van der Waals surface area contributed by atoms with Crippen molar-refractivity contribution in [3.63, 3.8) is 0 Å². The van der Waals surface area contributed by atoms with Gasteiger partial charge in [0, 0.05) is 23.2 Å². The Morgan fingerprint density at radius 2 is 1.86 bits per heavy atom. The van der Waals surface area contributed by atoms with Crippen molar-refractivity contribution in [3.05, 3.63) is 53.5 Å². The van der Waals surface area contributed by atoms with E-state index < -0.39 is 28.0 Å². The van der Waals surface area contributed by atoms with Crippen molar-refractivity contribution in [1.29, 1.82) is 0 Å². The maximum atomic E-state index is 14.8. The molecule has 0 unspecified atom stereocenters. The Balaban J connectivity index is 1.90. The summed E-state index contributed by atoms with van der Waals surface area (Å²) in [5.74, 6) is 0.302. The highest BCUT2D eigenvalue weighted by Crippen LogP contribution is 2.48. The van der Waals surface area contributed by atoms with Crippen LogP contribution in [0.15, 0.2) is 30.5 Å². The zero-order valence-electron chi connectivity index (χ0n) is 19.5. The van der Waals surface area contributed by atoms with Gasteiger partial charge in [-0.05, 0) is 57.0 Å². The minimum Gasteiger partial charge on any atom is -0.434 e. The van der Waals surface area contributed by atoms with Crippen LogP contribution in [0, 0.1) is 19.7 Å². The molecule has 4 aromatic rings. The molecule has 0 amide bonds. The Bertz CT molecular complexity index is 1620. The minimum absolute atomic E-state index is 0.0862. The summed E-state index contributed by atoms with van der Waals surface area (Å²) in [5.41, 5.74) is 1.48. The summed E-state index contributed by atoms with van der Waals surface area (Å²) >= 11 is 0. The fourth-order valence-electron chi connectivity index (χ4n) is 4.79. The molecule has 12 heteroatoms. The number of aromatic nitrogens is 4. The normalized spacial score (nSPS) is 14.7. The number of ether oxygens (including phenoxy) is 1. The maximum absolute atomic E-state index is 14.8. The number of anilines is 1. The number of benzene rings is 2. The molecule has 3 heterocycles. The van der Waals surface area contributed by atoms with Gasteiger partial charge in [-0.2, -0.15) is 8.78 Å². The highest BCUT2D eigenvalue weighted by molar-refractivity contribution is 7.89. The summed E-state index contributed by atoms with van der Waals surface area (Å²) in [5, 5.41) is 12.1. The number of alkyl halides is 2. The van der Waals surface area contributed by atoms with E-state index in [0.29, 0.717) is 34.0 Å². The van der Waals surface area contributed by atoms with Gasteiger partial charge in [-0.25, -0.2) is 16.8 Å². The third kappa shape index (κ3) is 3.54. The Morgan fingerprint density at radius 3 is 2.51 bits per heavy atom. The monoisotopic (exact) mass is 505 g/mol. The third-order valence-electron chi connectivity index (χ3n) is 6.14. The molecule has 0 fully saturated rings. The lowest BCUT2D eigenvalue weighted by Gasteiger charge is -2.35. The van der Waals surface area contributed by atoms with E-state index in [2.05, 4.69) is 15.5 Å². The molecule has 0 radical (unpaired) electrons. The lowest BCUT2D eigenvalue weighted by atomic mass is 9.91. The van der Waals surface area contributed by atoms with Gasteiger partial charge in [-0.1, -0.05) is 0 Å². The predicted octanol–water partition coefficient (Wildman–Crippen LogP) is 4.71. The van der Waals surface area contributed by atoms with Crippen molar-refractivity contribution in [1.82, 2.24) is 18.7 Å². The lowest BCUT2D eigenvalue weighted by molar-refractivity contribution is -0.0494. The molecule has 1 aliphatic heterocycles. The predicted molar refractivity (Wildman–Crippen MR) is 125 cm³/mol. The Morgan fingerprint density at radius 1 is 1.14 bits per heavy atom. The molecule has 1 aliphatic rings. The second-order valence-electron chi connectivity index (χ2n) is 9.07. The van der Waals surface area contributed by atoms with Crippen LogP contribution in [-0.2, 0) is 15.6 Å². The molecular weight excluding hydrogens is 483 g/mol. The smallest absolute Gasteiger partial charge is 0.387 e. The Labute approximate surface area is 199 Å². The SMILES string of the molecule is Cc1c(-c2cc(F)cc3c2ccn3S(C)(=O)=O)c(OC(F)F)cc2c1-n1c(C)nnc1C(C)(C)N2. The largest absolute Gasteiger partial charge is 0.434 e. The van der Waals surface area contributed by atoms with Crippen LogP contribution in [0.1, 0.15) is 31.1 Å². The van der Waals surface area contributed by atoms with Crippen molar-refractivity contribution in [2.75, 3.05) is 11.6 Å². The van der Waals surface area contributed by atoms with Crippen molar-refractivity contribution >= 4 is 26.6 Å². The zero-order valence-corrected chi connectivity index (χ0v) is 20.3. The van der Waals surface area contributed by atoms with Gasteiger partial charge in [-0.3, -0.25) is 4.57 Å². The van der Waals surface area contributed by atoms with Gasteiger partial charge in [0.1, 0.15) is 17.4 Å². The van der Waals surface area contributed by atoms with Gasteiger partial charge >= 0.3 is 6.61 Å². The number of hydrogen-bond donors (Lipinski definition) is 1. The Hall–Kier alpha value is -3.54. The highest BCUT2D eigenvalue weighted by atomic mass is 32.2. The van der Waals surface area contributed by atoms with E-state index in [1.165, 1.54) is 24.4 Å². The molecule has 5 rings (SSSR count). The van der Waals surface area contributed by atoms with E-state index in [-0.39, 0.29) is 22.4 Å². The number of fused-ring (bicyclic) bond motifs is 4. The molecule has 0 aliphatic carbocycles. The number of hydrogen-bond acceptors (Lipinski definition) is 6. The number of halogens is 3. The fraction of sp³-hybridized carbons (Fsp3) is 0.304. The summed E-state index contributed by atoms with van der Waals surface area (Å²) in [6.45, 7) is 4.12. The lowest BCUT2D eigenvalue weighted by Crippen LogP contribution is -2.36. The molecule has 1 N–H and O–H groups in total. The van der Waals surface area contributed by atoms with Gasteiger partial charge in [0.2, 0.25) is 10.0 Å². The van der Waals surface area contributed by atoms with Crippen LogP contribution in [-0.4, -0.2) is 40.0 Å². The van der Waals surface area contributed by atoms with Crippen molar-refractivity contribution < 1.29 is 26.3 Å². The molecule has 35 heavy (non-hydrogen) atoms. The second kappa shape index (κ2) is 7.48. The van der Waals surface area contributed by atoms with E-state index >= 15 is 0 Å². The van der Waals surface area contributed by atoms with E-state index in [4.69, 9.17) is 4.74 Å².